The van der Waals surface area contributed by atoms with Crippen molar-refractivity contribution in [3.8, 4) is 27.6 Å². The first kappa shape index (κ1) is 27.3. The van der Waals surface area contributed by atoms with Gasteiger partial charge in [-0.15, -0.1) is 11.3 Å². The molecule has 3 aromatic rings. The molecule has 0 N–H and O–H groups in total. The third kappa shape index (κ3) is 5.55. The maximum absolute atomic E-state index is 13.2. The van der Waals surface area contributed by atoms with Gasteiger partial charge in [-0.3, -0.25) is 9.79 Å². The Kier molecular flexibility index (Phi) is 8.73. The zero-order valence-corrected chi connectivity index (χ0v) is 23.1. The molecular weight excluding hydrogens is 500 g/mol. The van der Waals surface area contributed by atoms with Crippen molar-refractivity contribution >= 4 is 29.0 Å². The van der Waals surface area contributed by atoms with Gasteiger partial charge in [0.15, 0.2) is 0 Å². The monoisotopic (exact) mass is 532 g/mol. The largest absolute Gasteiger partial charge is 0.494 e. The van der Waals surface area contributed by atoms with Gasteiger partial charge >= 0.3 is 11.9 Å². The lowest BCUT2D eigenvalue weighted by Gasteiger charge is -2.32. The summed E-state index contributed by atoms with van der Waals surface area (Å²) in [5.74, 6) is -1.48. The quantitative estimate of drug-likeness (QED) is 0.294. The van der Waals surface area contributed by atoms with E-state index in [-0.39, 0.29) is 13.2 Å². The molecule has 7 nitrogen and oxygen atoms in total. The second kappa shape index (κ2) is 12.2. The first-order chi connectivity index (χ1) is 18.4. The Morgan fingerprint density at radius 1 is 0.921 bits per heavy atom. The fraction of sp³-hybridized carbons (Fsp3) is 0.333. The van der Waals surface area contributed by atoms with Crippen LogP contribution in [0.3, 0.4) is 0 Å². The molecule has 0 saturated carbocycles. The molecule has 0 radical (unpaired) electrons. The van der Waals surface area contributed by atoms with Crippen LogP contribution in [0.15, 0.2) is 70.2 Å². The van der Waals surface area contributed by atoms with Gasteiger partial charge in [0.25, 0.3) is 0 Å². The molecular formula is C30H32N2O5S. The predicted octanol–water partition coefficient (Wildman–Crippen LogP) is 6.45. The van der Waals surface area contributed by atoms with Gasteiger partial charge in [-0.2, -0.15) is 0 Å². The summed E-state index contributed by atoms with van der Waals surface area (Å²) in [6.07, 6.45) is 0. The van der Waals surface area contributed by atoms with Gasteiger partial charge in [-0.1, -0.05) is 24.3 Å². The summed E-state index contributed by atoms with van der Waals surface area (Å²) in [5, 5.41) is 2.79. The number of aliphatic imine (C=N–C) groups is 1. The van der Waals surface area contributed by atoms with E-state index in [1.54, 1.807) is 27.7 Å². The average Bonchev–Trinajstić information content (AvgIpc) is 3.39. The third-order valence-corrected chi connectivity index (χ3v) is 7.23. The van der Waals surface area contributed by atoms with Crippen molar-refractivity contribution in [1.82, 2.24) is 4.98 Å². The molecule has 0 saturated heterocycles. The SMILES string of the molecule is CCOC(=O)C1=C(C)N=C(C)C(C(=O)OCC)C1c1ccccc1-c1nc(-c2ccc(OCC)cc2)cs1. The number of aromatic nitrogens is 1. The van der Waals surface area contributed by atoms with Crippen LogP contribution in [0.1, 0.15) is 46.1 Å². The Balaban J connectivity index is 1.82. The zero-order chi connectivity index (χ0) is 27.2. The Hall–Kier alpha value is -3.78. The van der Waals surface area contributed by atoms with Gasteiger partial charge in [-0.25, -0.2) is 9.78 Å². The molecule has 2 unspecified atom stereocenters. The standard InChI is InChI=1S/C30H32N2O5S/c1-6-35-21-15-13-20(14-16-21)24-17-38-28(32-24)23-12-10-9-11-22(23)27-25(29(33)36-7-2)18(4)31-19(5)26(27)30(34)37-8-3/h9-17,25,27H,6-8H2,1-5H3. The molecule has 198 valence electrons. The lowest BCUT2D eigenvalue weighted by Crippen LogP contribution is -2.36. The van der Waals surface area contributed by atoms with E-state index in [4.69, 9.17) is 19.2 Å². The summed E-state index contributed by atoms with van der Waals surface area (Å²) >= 11 is 1.51. The number of benzene rings is 2. The number of carbonyl (C=O) groups is 2. The highest BCUT2D eigenvalue weighted by Gasteiger charge is 2.43. The van der Waals surface area contributed by atoms with Crippen molar-refractivity contribution in [2.24, 2.45) is 10.9 Å². The maximum Gasteiger partial charge on any atom is 0.336 e. The minimum absolute atomic E-state index is 0.217. The highest BCUT2D eigenvalue weighted by Crippen LogP contribution is 2.44. The molecule has 0 fully saturated rings. The lowest BCUT2D eigenvalue weighted by atomic mass is 9.74. The van der Waals surface area contributed by atoms with Crippen LogP contribution in [-0.2, 0) is 19.1 Å². The number of rotatable bonds is 9. The predicted molar refractivity (Wildman–Crippen MR) is 149 cm³/mol. The van der Waals surface area contributed by atoms with Gasteiger partial charge in [0, 0.05) is 33.8 Å². The summed E-state index contributed by atoms with van der Waals surface area (Å²) in [4.78, 5) is 35.9. The molecule has 2 aromatic carbocycles. The van der Waals surface area contributed by atoms with E-state index in [0.717, 1.165) is 33.1 Å². The van der Waals surface area contributed by atoms with Crippen LogP contribution in [0.25, 0.3) is 21.8 Å². The summed E-state index contributed by atoms with van der Waals surface area (Å²) in [5.41, 5.74) is 4.96. The molecule has 0 bridgehead atoms. The third-order valence-electron chi connectivity index (χ3n) is 6.36. The van der Waals surface area contributed by atoms with Crippen molar-refractivity contribution in [1.29, 1.82) is 0 Å². The number of carbonyl (C=O) groups excluding carboxylic acids is 2. The number of ether oxygens (including phenoxy) is 3. The van der Waals surface area contributed by atoms with Crippen LogP contribution in [0.5, 0.6) is 5.75 Å². The van der Waals surface area contributed by atoms with Crippen molar-refractivity contribution in [3.63, 3.8) is 0 Å². The van der Waals surface area contributed by atoms with Crippen molar-refractivity contribution in [2.45, 2.75) is 40.5 Å². The van der Waals surface area contributed by atoms with E-state index in [0.29, 0.717) is 23.6 Å². The van der Waals surface area contributed by atoms with Gasteiger partial charge < -0.3 is 14.2 Å². The van der Waals surface area contributed by atoms with E-state index >= 15 is 0 Å². The smallest absolute Gasteiger partial charge is 0.336 e. The molecule has 8 heteroatoms. The first-order valence-electron chi connectivity index (χ1n) is 12.8. The van der Waals surface area contributed by atoms with Crippen LogP contribution in [-0.4, -0.2) is 42.5 Å². The highest BCUT2D eigenvalue weighted by atomic mass is 32.1. The fourth-order valence-corrected chi connectivity index (χ4v) is 5.64. The molecule has 1 aromatic heterocycles. The van der Waals surface area contributed by atoms with Crippen molar-refractivity contribution < 1.29 is 23.8 Å². The Bertz CT molecular complexity index is 1370. The van der Waals surface area contributed by atoms with E-state index in [1.807, 2.05) is 60.8 Å². The molecule has 38 heavy (non-hydrogen) atoms. The minimum Gasteiger partial charge on any atom is -0.494 e. The van der Waals surface area contributed by atoms with E-state index < -0.39 is 23.8 Å². The number of allylic oxidation sites excluding steroid dienone is 1. The second-order valence-electron chi connectivity index (χ2n) is 8.76. The summed E-state index contributed by atoms with van der Waals surface area (Å²) in [6, 6.07) is 15.6. The normalized spacial score (nSPS) is 17.1. The molecule has 0 spiro atoms. The van der Waals surface area contributed by atoms with Gasteiger partial charge in [0.05, 0.1) is 31.1 Å². The minimum atomic E-state index is -0.759. The van der Waals surface area contributed by atoms with Gasteiger partial charge in [-0.05, 0) is 64.4 Å². The van der Waals surface area contributed by atoms with Crippen molar-refractivity contribution in [3.05, 3.63) is 70.7 Å². The van der Waals surface area contributed by atoms with Gasteiger partial charge in [0.2, 0.25) is 0 Å². The van der Waals surface area contributed by atoms with Crippen LogP contribution >= 0.6 is 11.3 Å². The number of hydrogen-bond donors (Lipinski definition) is 0. The molecule has 0 amide bonds. The Morgan fingerprint density at radius 2 is 1.63 bits per heavy atom. The number of esters is 2. The zero-order valence-electron chi connectivity index (χ0n) is 22.3. The average molecular weight is 533 g/mol. The van der Waals surface area contributed by atoms with E-state index in [1.165, 1.54) is 11.3 Å². The van der Waals surface area contributed by atoms with Crippen LogP contribution in [0.2, 0.25) is 0 Å². The number of thiazole rings is 1. The van der Waals surface area contributed by atoms with Crippen LogP contribution in [0.4, 0.5) is 0 Å². The fourth-order valence-electron chi connectivity index (χ4n) is 4.77. The highest BCUT2D eigenvalue weighted by molar-refractivity contribution is 7.13. The maximum atomic E-state index is 13.2. The van der Waals surface area contributed by atoms with Crippen molar-refractivity contribution in [2.75, 3.05) is 19.8 Å². The van der Waals surface area contributed by atoms with E-state index in [9.17, 15) is 9.59 Å². The Morgan fingerprint density at radius 3 is 2.32 bits per heavy atom. The summed E-state index contributed by atoms with van der Waals surface area (Å²) < 4.78 is 16.4. The molecule has 0 aliphatic carbocycles. The van der Waals surface area contributed by atoms with E-state index in [2.05, 4.69) is 4.99 Å². The van der Waals surface area contributed by atoms with Gasteiger partial charge in [0.1, 0.15) is 16.7 Å². The number of nitrogens with zero attached hydrogens (tertiary/aromatic N) is 2. The molecule has 4 rings (SSSR count). The second-order valence-corrected chi connectivity index (χ2v) is 9.62. The molecule has 1 aliphatic rings. The molecule has 2 atom stereocenters. The Labute approximate surface area is 227 Å². The summed E-state index contributed by atoms with van der Waals surface area (Å²) in [6.45, 7) is 10.1. The molecule has 2 heterocycles. The lowest BCUT2D eigenvalue weighted by molar-refractivity contribution is -0.146. The number of hydrogen-bond acceptors (Lipinski definition) is 8. The van der Waals surface area contributed by atoms with Crippen LogP contribution < -0.4 is 4.74 Å². The molecule has 1 aliphatic heterocycles. The topological polar surface area (TPSA) is 87.1 Å². The van der Waals surface area contributed by atoms with Crippen LogP contribution in [0, 0.1) is 5.92 Å². The summed E-state index contributed by atoms with van der Waals surface area (Å²) in [7, 11) is 0. The first-order valence-corrected chi connectivity index (χ1v) is 13.6.